The Morgan fingerprint density at radius 1 is 1.22 bits per heavy atom. The van der Waals surface area contributed by atoms with Gasteiger partial charge in [-0.25, -0.2) is 13.1 Å². The standard InChI is InChI=1S/C17H26N2O3S/c1-12(2)13-5-7-14(8-6-13)15-11-16(15)17(20)18-9-4-10-19-23(3,21)22/h5-8,12,15-16,19H,4,9-11H2,1-3H3,(H,18,20)/t15-,16-/m0/s1. The third-order valence-corrected chi connectivity index (χ3v) is 4.90. The first-order valence-electron chi connectivity index (χ1n) is 8.10. The summed E-state index contributed by atoms with van der Waals surface area (Å²) in [6.07, 6.45) is 2.62. The summed E-state index contributed by atoms with van der Waals surface area (Å²) in [5.41, 5.74) is 2.54. The van der Waals surface area contributed by atoms with Crippen LogP contribution in [0.15, 0.2) is 24.3 Å². The van der Waals surface area contributed by atoms with Crippen molar-refractivity contribution in [3.05, 3.63) is 35.4 Å². The van der Waals surface area contributed by atoms with Gasteiger partial charge in [-0.1, -0.05) is 38.1 Å². The van der Waals surface area contributed by atoms with E-state index in [1.54, 1.807) is 0 Å². The Kier molecular flexibility index (Phi) is 5.81. The quantitative estimate of drug-likeness (QED) is 0.712. The molecular formula is C17H26N2O3S. The molecular weight excluding hydrogens is 312 g/mol. The molecule has 0 radical (unpaired) electrons. The normalized spacial score (nSPS) is 20.5. The molecule has 0 aliphatic heterocycles. The van der Waals surface area contributed by atoms with Crippen LogP contribution in [0.4, 0.5) is 0 Å². The number of carbonyl (C=O) groups is 1. The molecule has 0 saturated heterocycles. The van der Waals surface area contributed by atoms with E-state index in [0.29, 0.717) is 31.3 Å². The van der Waals surface area contributed by atoms with Crippen molar-refractivity contribution in [1.29, 1.82) is 0 Å². The van der Waals surface area contributed by atoms with Gasteiger partial charge in [0.05, 0.1) is 6.26 Å². The molecule has 1 amide bonds. The van der Waals surface area contributed by atoms with Crippen molar-refractivity contribution in [2.75, 3.05) is 19.3 Å². The zero-order valence-corrected chi connectivity index (χ0v) is 14.8. The lowest BCUT2D eigenvalue weighted by Gasteiger charge is -2.07. The monoisotopic (exact) mass is 338 g/mol. The van der Waals surface area contributed by atoms with Gasteiger partial charge in [0.15, 0.2) is 0 Å². The van der Waals surface area contributed by atoms with Crippen LogP contribution in [-0.2, 0) is 14.8 Å². The molecule has 0 heterocycles. The number of hydrogen-bond acceptors (Lipinski definition) is 3. The first kappa shape index (κ1) is 17.9. The fraction of sp³-hybridized carbons (Fsp3) is 0.588. The molecule has 6 heteroatoms. The molecule has 1 aliphatic rings. The van der Waals surface area contributed by atoms with Crippen LogP contribution in [0.2, 0.25) is 0 Å². The van der Waals surface area contributed by atoms with Crippen molar-refractivity contribution < 1.29 is 13.2 Å². The molecule has 0 spiro atoms. The zero-order valence-electron chi connectivity index (χ0n) is 14.0. The first-order valence-corrected chi connectivity index (χ1v) is 9.99. The molecule has 1 aromatic carbocycles. The number of carbonyl (C=O) groups excluding carboxylic acids is 1. The Morgan fingerprint density at radius 2 is 1.87 bits per heavy atom. The van der Waals surface area contributed by atoms with Crippen LogP contribution in [0.3, 0.4) is 0 Å². The van der Waals surface area contributed by atoms with E-state index in [-0.39, 0.29) is 11.8 Å². The van der Waals surface area contributed by atoms with Gasteiger partial charge in [0.25, 0.3) is 0 Å². The highest BCUT2D eigenvalue weighted by molar-refractivity contribution is 7.88. The molecule has 1 aromatic rings. The summed E-state index contributed by atoms with van der Waals surface area (Å²) >= 11 is 0. The molecule has 1 aliphatic carbocycles. The lowest BCUT2D eigenvalue weighted by atomic mass is 10.00. The largest absolute Gasteiger partial charge is 0.356 e. The molecule has 5 nitrogen and oxygen atoms in total. The fourth-order valence-electron chi connectivity index (χ4n) is 2.67. The molecule has 128 valence electrons. The summed E-state index contributed by atoms with van der Waals surface area (Å²) < 4.78 is 24.2. The molecule has 1 fully saturated rings. The van der Waals surface area contributed by atoms with Gasteiger partial charge in [-0.3, -0.25) is 4.79 Å². The average Bonchev–Trinajstić information content (AvgIpc) is 3.26. The van der Waals surface area contributed by atoms with E-state index in [2.05, 4.69) is 48.2 Å². The lowest BCUT2D eigenvalue weighted by Crippen LogP contribution is -2.30. The van der Waals surface area contributed by atoms with E-state index in [1.165, 1.54) is 11.1 Å². The van der Waals surface area contributed by atoms with Gasteiger partial charge in [-0.2, -0.15) is 0 Å². The summed E-state index contributed by atoms with van der Waals surface area (Å²) in [4.78, 5) is 12.1. The minimum atomic E-state index is -3.15. The number of nitrogens with one attached hydrogen (secondary N) is 2. The van der Waals surface area contributed by atoms with Crippen LogP contribution >= 0.6 is 0 Å². The van der Waals surface area contributed by atoms with Crippen LogP contribution in [0.25, 0.3) is 0 Å². The summed E-state index contributed by atoms with van der Waals surface area (Å²) in [7, 11) is -3.15. The number of hydrogen-bond donors (Lipinski definition) is 2. The third-order valence-electron chi connectivity index (χ3n) is 4.18. The van der Waals surface area contributed by atoms with Crippen LogP contribution in [0.5, 0.6) is 0 Å². The smallest absolute Gasteiger partial charge is 0.223 e. The second-order valence-corrected chi connectivity index (χ2v) is 8.41. The van der Waals surface area contributed by atoms with E-state index in [4.69, 9.17) is 0 Å². The molecule has 0 bridgehead atoms. The predicted molar refractivity (Wildman–Crippen MR) is 91.9 cm³/mol. The number of sulfonamides is 1. The zero-order chi connectivity index (χ0) is 17.0. The van der Waals surface area contributed by atoms with Gasteiger partial charge in [0, 0.05) is 19.0 Å². The van der Waals surface area contributed by atoms with Gasteiger partial charge < -0.3 is 5.32 Å². The fourth-order valence-corrected chi connectivity index (χ4v) is 3.19. The Labute approximate surface area is 138 Å². The number of amides is 1. The Morgan fingerprint density at radius 3 is 2.43 bits per heavy atom. The summed E-state index contributed by atoms with van der Waals surface area (Å²) in [6, 6.07) is 8.54. The van der Waals surface area contributed by atoms with E-state index < -0.39 is 10.0 Å². The summed E-state index contributed by atoms with van der Waals surface area (Å²) in [5, 5.41) is 2.89. The van der Waals surface area contributed by atoms with Crippen LogP contribution in [0, 0.1) is 5.92 Å². The van der Waals surface area contributed by atoms with Crippen molar-refractivity contribution in [3.8, 4) is 0 Å². The summed E-state index contributed by atoms with van der Waals surface area (Å²) in [5.74, 6) is 0.971. The van der Waals surface area contributed by atoms with Gasteiger partial charge in [-0.05, 0) is 35.8 Å². The van der Waals surface area contributed by atoms with Crippen LogP contribution in [-0.4, -0.2) is 33.7 Å². The molecule has 0 aromatic heterocycles. The molecule has 23 heavy (non-hydrogen) atoms. The Hall–Kier alpha value is -1.40. The van der Waals surface area contributed by atoms with Gasteiger partial charge in [-0.15, -0.1) is 0 Å². The molecule has 1 saturated carbocycles. The van der Waals surface area contributed by atoms with Gasteiger partial charge in [0.2, 0.25) is 15.9 Å². The van der Waals surface area contributed by atoms with Crippen molar-refractivity contribution in [2.45, 2.75) is 38.5 Å². The lowest BCUT2D eigenvalue weighted by molar-refractivity contribution is -0.122. The minimum Gasteiger partial charge on any atom is -0.356 e. The molecule has 2 atom stereocenters. The highest BCUT2D eigenvalue weighted by atomic mass is 32.2. The maximum Gasteiger partial charge on any atom is 0.223 e. The predicted octanol–water partition coefficient (Wildman–Crippen LogP) is 1.97. The Bertz CT molecular complexity index is 638. The second kappa shape index (κ2) is 7.45. The third kappa shape index (κ3) is 5.62. The Balaban J connectivity index is 1.72. The first-order chi connectivity index (χ1) is 10.8. The molecule has 2 N–H and O–H groups in total. The highest BCUT2D eigenvalue weighted by Crippen LogP contribution is 2.47. The summed E-state index contributed by atoms with van der Waals surface area (Å²) in [6.45, 7) is 5.18. The highest BCUT2D eigenvalue weighted by Gasteiger charge is 2.43. The number of rotatable bonds is 8. The topological polar surface area (TPSA) is 75.3 Å². The van der Waals surface area contributed by atoms with Crippen LogP contribution in [0.1, 0.15) is 49.7 Å². The maximum atomic E-state index is 12.1. The SMILES string of the molecule is CC(C)c1ccc([C@@H]2C[C@@H]2C(=O)NCCCNS(C)(=O)=O)cc1. The molecule has 0 unspecified atom stereocenters. The van der Waals surface area contributed by atoms with E-state index in [9.17, 15) is 13.2 Å². The average molecular weight is 338 g/mol. The van der Waals surface area contributed by atoms with E-state index in [0.717, 1.165) is 12.7 Å². The van der Waals surface area contributed by atoms with Crippen molar-refractivity contribution in [1.82, 2.24) is 10.0 Å². The van der Waals surface area contributed by atoms with Crippen molar-refractivity contribution >= 4 is 15.9 Å². The minimum absolute atomic E-state index is 0.0581. The maximum absolute atomic E-state index is 12.1. The number of benzene rings is 1. The van der Waals surface area contributed by atoms with E-state index in [1.807, 2.05) is 0 Å². The van der Waals surface area contributed by atoms with Gasteiger partial charge >= 0.3 is 0 Å². The van der Waals surface area contributed by atoms with Crippen molar-refractivity contribution in [3.63, 3.8) is 0 Å². The van der Waals surface area contributed by atoms with Crippen molar-refractivity contribution in [2.24, 2.45) is 5.92 Å². The second-order valence-electron chi connectivity index (χ2n) is 6.58. The van der Waals surface area contributed by atoms with Gasteiger partial charge in [0.1, 0.15) is 0 Å². The van der Waals surface area contributed by atoms with Crippen LogP contribution < -0.4 is 10.0 Å². The van der Waals surface area contributed by atoms with E-state index >= 15 is 0 Å². The molecule has 2 rings (SSSR count).